The Morgan fingerprint density at radius 2 is 1.71 bits per heavy atom. The average molecular weight is 326 g/mol. The second-order valence-corrected chi connectivity index (χ2v) is 5.36. The van der Waals surface area contributed by atoms with Gasteiger partial charge < -0.3 is 10.2 Å². The average Bonchev–Trinajstić information content (AvgIpc) is 2.35. The van der Waals surface area contributed by atoms with Crippen LogP contribution in [0.3, 0.4) is 0 Å². The van der Waals surface area contributed by atoms with Crippen LogP contribution < -0.4 is 5.32 Å². The molecule has 128 valence electrons. The third-order valence-corrected chi connectivity index (χ3v) is 2.36. The van der Waals surface area contributed by atoms with Crippen LogP contribution in [-0.2, 0) is 19.4 Å². The molecule has 0 heterocycles. The fraction of sp³-hybridized carbons (Fsp3) is 0.769. The number of rotatable bonds is 6. The van der Waals surface area contributed by atoms with Crippen molar-refractivity contribution in [2.45, 2.75) is 34.1 Å². The maximum absolute atomic E-state index is 10.7. The zero-order valence-electron chi connectivity index (χ0n) is 14.0. The van der Waals surface area contributed by atoms with E-state index in [1.54, 1.807) is 6.92 Å². The summed E-state index contributed by atoms with van der Waals surface area (Å²) in [6, 6.07) is 0. The van der Waals surface area contributed by atoms with Crippen molar-refractivity contribution in [2.24, 2.45) is 0 Å². The highest BCUT2D eigenvalue weighted by Gasteiger charge is 1.98. The third kappa shape index (κ3) is 32.5. The Morgan fingerprint density at radius 1 is 1.29 bits per heavy atom. The zero-order chi connectivity index (χ0) is 17.5. The van der Waals surface area contributed by atoms with Crippen LogP contribution in [0.25, 0.3) is 0 Å². The number of hydrogen-bond acceptors (Lipinski definition) is 5. The Morgan fingerprint density at radius 3 is 1.86 bits per heavy atom. The van der Waals surface area contributed by atoms with Crippen molar-refractivity contribution in [2.75, 3.05) is 33.8 Å². The molecule has 2 N–H and O–H groups in total. The monoisotopic (exact) mass is 326 g/mol. The minimum Gasteiger partial charge on any atom is -0.352 e. The molecule has 0 saturated heterocycles. The van der Waals surface area contributed by atoms with E-state index in [4.69, 9.17) is 4.55 Å². The lowest BCUT2D eigenvalue weighted by Crippen LogP contribution is -2.24. The van der Waals surface area contributed by atoms with E-state index in [2.05, 4.69) is 42.0 Å². The highest BCUT2D eigenvalue weighted by Crippen LogP contribution is 1.84. The van der Waals surface area contributed by atoms with Gasteiger partial charge in [0.05, 0.1) is 6.61 Å². The van der Waals surface area contributed by atoms with Gasteiger partial charge in [-0.05, 0) is 40.9 Å². The van der Waals surface area contributed by atoms with E-state index in [1.807, 2.05) is 6.92 Å². The minimum absolute atomic E-state index is 0.0289. The Labute approximate surface area is 129 Å². The first-order chi connectivity index (χ1) is 9.51. The molecule has 0 fully saturated rings. The van der Waals surface area contributed by atoms with Crippen molar-refractivity contribution in [3.05, 3.63) is 12.2 Å². The van der Waals surface area contributed by atoms with Crippen LogP contribution in [0, 0.1) is 0 Å². The van der Waals surface area contributed by atoms with Crippen molar-refractivity contribution in [3.63, 3.8) is 0 Å². The number of nitrogens with zero attached hydrogens (tertiary/aromatic N) is 1. The Balaban J connectivity index is -0.000000242. The standard InChI is InChI=1S/C7H13NO.C4H11N.C2H6O4S/c1-4-5-8-7(9)6(2)3;1-4-5(2)3;1-2-6-7(3,4)5/h2,4-5H2,1,3H3,(H,8,9);4H2,1-3H3;2H2,1H3,(H,3,4,5). The van der Waals surface area contributed by atoms with E-state index in [9.17, 15) is 13.2 Å². The van der Waals surface area contributed by atoms with Crippen molar-refractivity contribution < 1.29 is 21.9 Å². The highest BCUT2D eigenvalue weighted by atomic mass is 32.3. The fourth-order valence-corrected chi connectivity index (χ4v) is 0.836. The molecule has 0 atom stereocenters. The molecule has 21 heavy (non-hydrogen) atoms. The van der Waals surface area contributed by atoms with Gasteiger partial charge in [0.1, 0.15) is 0 Å². The number of nitrogens with one attached hydrogen (secondary N) is 1. The molecule has 0 bridgehead atoms. The van der Waals surface area contributed by atoms with Gasteiger partial charge >= 0.3 is 10.4 Å². The Kier molecular flexibility index (Phi) is 18.4. The summed E-state index contributed by atoms with van der Waals surface area (Å²) in [5.41, 5.74) is 0.573. The predicted molar refractivity (Wildman–Crippen MR) is 85.5 cm³/mol. The summed E-state index contributed by atoms with van der Waals surface area (Å²) >= 11 is 0. The SMILES string of the molecule is C=C(C)C(=O)NCCC.CCN(C)C.CCOS(=O)(=O)O. The molecule has 0 aromatic rings. The van der Waals surface area contributed by atoms with Gasteiger partial charge in [-0.15, -0.1) is 0 Å². The molecule has 0 aromatic heterocycles. The van der Waals surface area contributed by atoms with E-state index in [0.717, 1.165) is 19.5 Å². The third-order valence-electron chi connectivity index (χ3n) is 1.82. The lowest BCUT2D eigenvalue weighted by atomic mass is 10.3. The second kappa shape index (κ2) is 15.4. The molecule has 7 nitrogen and oxygen atoms in total. The molecule has 1 amide bonds. The van der Waals surface area contributed by atoms with Gasteiger partial charge in [-0.25, -0.2) is 4.18 Å². The summed E-state index contributed by atoms with van der Waals surface area (Å²) in [4.78, 5) is 12.8. The predicted octanol–water partition coefficient (Wildman–Crippen LogP) is 1.48. The van der Waals surface area contributed by atoms with Crippen molar-refractivity contribution >= 4 is 16.3 Å². The normalized spacial score (nSPS) is 9.90. The summed E-state index contributed by atoms with van der Waals surface area (Å²) < 4.78 is 30.7. The Hall–Kier alpha value is -0.960. The molecule has 0 aliphatic heterocycles. The van der Waals surface area contributed by atoms with Crippen molar-refractivity contribution in [3.8, 4) is 0 Å². The summed E-state index contributed by atoms with van der Waals surface area (Å²) in [6.07, 6.45) is 0.971. The number of amides is 1. The van der Waals surface area contributed by atoms with Crippen LogP contribution >= 0.6 is 0 Å². The maximum Gasteiger partial charge on any atom is 0.397 e. The van der Waals surface area contributed by atoms with Gasteiger partial charge in [0.2, 0.25) is 5.91 Å². The van der Waals surface area contributed by atoms with Crippen LogP contribution in [0.4, 0.5) is 0 Å². The van der Waals surface area contributed by atoms with Crippen molar-refractivity contribution in [1.29, 1.82) is 0 Å². The molecule has 0 aliphatic carbocycles. The first kappa shape index (κ1) is 25.0. The smallest absolute Gasteiger partial charge is 0.352 e. The lowest BCUT2D eigenvalue weighted by molar-refractivity contribution is -0.117. The number of hydrogen-bond donors (Lipinski definition) is 2. The van der Waals surface area contributed by atoms with Crippen LogP contribution in [0.5, 0.6) is 0 Å². The summed E-state index contributed by atoms with van der Waals surface area (Å²) in [5, 5.41) is 2.69. The van der Waals surface area contributed by atoms with Crippen LogP contribution in [0.1, 0.15) is 34.1 Å². The number of carbonyl (C=O) groups is 1. The molecule has 8 heteroatoms. The largest absolute Gasteiger partial charge is 0.397 e. The van der Waals surface area contributed by atoms with Crippen LogP contribution in [-0.4, -0.2) is 57.6 Å². The Bertz CT molecular complexity index is 367. The molecule has 0 unspecified atom stereocenters. The van der Waals surface area contributed by atoms with Gasteiger partial charge in [-0.1, -0.05) is 20.4 Å². The summed E-state index contributed by atoms with van der Waals surface area (Å²) in [6.45, 7) is 12.7. The van der Waals surface area contributed by atoms with E-state index in [0.29, 0.717) is 5.57 Å². The lowest BCUT2D eigenvalue weighted by Gasteiger charge is -2.00. The molecule has 0 spiro atoms. The highest BCUT2D eigenvalue weighted by molar-refractivity contribution is 7.80. The molecule has 0 rings (SSSR count). The summed E-state index contributed by atoms with van der Waals surface area (Å²) in [7, 11) is -0.0631. The van der Waals surface area contributed by atoms with Crippen molar-refractivity contribution in [1.82, 2.24) is 10.2 Å². The van der Waals surface area contributed by atoms with Crippen LogP contribution in [0.2, 0.25) is 0 Å². The summed E-state index contributed by atoms with van der Waals surface area (Å²) in [5.74, 6) is -0.0446. The molecule has 0 aliphatic rings. The quantitative estimate of drug-likeness (QED) is 0.567. The molecule has 0 saturated carbocycles. The number of carbonyl (C=O) groups excluding carboxylic acids is 1. The van der Waals surface area contributed by atoms with E-state index >= 15 is 0 Å². The first-order valence-corrected chi connectivity index (χ1v) is 8.08. The van der Waals surface area contributed by atoms with Gasteiger partial charge in [-0.3, -0.25) is 9.35 Å². The van der Waals surface area contributed by atoms with Gasteiger partial charge in [0.15, 0.2) is 0 Å². The molecular formula is C13H30N2O5S. The first-order valence-electron chi connectivity index (χ1n) is 6.71. The maximum atomic E-state index is 10.7. The van der Waals surface area contributed by atoms with E-state index < -0.39 is 10.4 Å². The molecule has 0 radical (unpaired) electrons. The second-order valence-electron chi connectivity index (χ2n) is 4.27. The zero-order valence-corrected chi connectivity index (χ0v) is 14.8. The van der Waals surface area contributed by atoms with Gasteiger partial charge in [0.25, 0.3) is 0 Å². The fourth-order valence-electron chi connectivity index (χ4n) is 0.538. The minimum atomic E-state index is -4.17. The van der Waals surface area contributed by atoms with Gasteiger partial charge in [0, 0.05) is 12.1 Å². The topological polar surface area (TPSA) is 95.9 Å². The van der Waals surface area contributed by atoms with Gasteiger partial charge in [-0.2, -0.15) is 8.42 Å². The van der Waals surface area contributed by atoms with E-state index in [-0.39, 0.29) is 12.5 Å². The van der Waals surface area contributed by atoms with E-state index in [1.165, 1.54) is 6.92 Å². The molecular weight excluding hydrogens is 296 g/mol. The van der Waals surface area contributed by atoms with Crippen LogP contribution in [0.15, 0.2) is 12.2 Å². The molecule has 0 aromatic carbocycles.